The van der Waals surface area contributed by atoms with Crippen LogP contribution in [-0.4, -0.2) is 33.3 Å². The Morgan fingerprint density at radius 3 is 2.63 bits per heavy atom. The van der Waals surface area contributed by atoms with Crippen molar-refractivity contribution in [2.24, 2.45) is 9.98 Å². The first-order valence-electron chi connectivity index (χ1n) is 8.62. The lowest BCUT2D eigenvalue weighted by Gasteiger charge is -2.12. The topological polar surface area (TPSA) is 102 Å². The molecule has 1 N–H and O–H groups in total. The van der Waals surface area contributed by atoms with Gasteiger partial charge in [-0.1, -0.05) is 6.58 Å². The van der Waals surface area contributed by atoms with Crippen molar-refractivity contribution in [3.63, 3.8) is 0 Å². The second-order valence-corrected chi connectivity index (χ2v) is 6.28. The van der Waals surface area contributed by atoms with Crippen molar-refractivity contribution in [1.29, 1.82) is 0 Å². The monoisotopic (exact) mass is 409 g/mol. The number of furan rings is 1. The van der Waals surface area contributed by atoms with Crippen molar-refractivity contribution in [2.75, 3.05) is 5.32 Å². The number of hydrogen-bond donors (Lipinski definition) is 1. The van der Waals surface area contributed by atoms with Crippen molar-refractivity contribution in [3.8, 4) is 11.5 Å². The zero-order valence-corrected chi connectivity index (χ0v) is 15.5. The molecule has 10 heteroatoms. The molecule has 8 nitrogen and oxygen atoms in total. The first-order chi connectivity index (χ1) is 14.3. The van der Waals surface area contributed by atoms with E-state index in [4.69, 9.17) is 4.42 Å². The van der Waals surface area contributed by atoms with E-state index in [2.05, 4.69) is 27.0 Å². The Kier molecular flexibility index (Phi) is 4.66. The molecular weight excluding hydrogens is 396 g/mol. The van der Waals surface area contributed by atoms with Crippen molar-refractivity contribution in [3.05, 3.63) is 72.0 Å². The molecule has 3 heterocycles. The van der Waals surface area contributed by atoms with Gasteiger partial charge >= 0.3 is 0 Å². The van der Waals surface area contributed by atoms with Gasteiger partial charge in [0.05, 0.1) is 17.5 Å². The summed E-state index contributed by atoms with van der Waals surface area (Å²) in [5, 5.41) is 6.84. The fourth-order valence-electron chi connectivity index (χ4n) is 2.64. The number of benzene rings is 1. The average molecular weight is 409 g/mol. The van der Waals surface area contributed by atoms with E-state index in [1.54, 1.807) is 19.1 Å². The number of anilines is 1. The molecule has 0 unspecified atom stereocenters. The van der Waals surface area contributed by atoms with Gasteiger partial charge in [-0.2, -0.15) is 14.8 Å². The molecule has 0 atom stereocenters. The van der Waals surface area contributed by atoms with Gasteiger partial charge in [0.2, 0.25) is 0 Å². The summed E-state index contributed by atoms with van der Waals surface area (Å²) in [5.74, 6) is -3.16. The predicted molar refractivity (Wildman–Crippen MR) is 104 cm³/mol. The minimum absolute atomic E-state index is 0.0896. The van der Waals surface area contributed by atoms with Crippen LogP contribution in [0.15, 0.2) is 69.2 Å². The lowest BCUT2D eigenvalue weighted by Crippen LogP contribution is -2.25. The standard InChI is InChI=1S/C20H13F2N5O3/c1-10-11(2)23-20(25-18(10)28)27-17(9-15(26-27)16-4-3-7-30-16)24-19(29)12-5-6-13(21)14(22)8-12/h3-9H,1H2,2H3,(H,24,29). The Balaban J connectivity index is 1.75. The quantitative estimate of drug-likeness (QED) is 0.670. The van der Waals surface area contributed by atoms with Crippen LogP contribution in [0.5, 0.6) is 0 Å². The van der Waals surface area contributed by atoms with Gasteiger partial charge in [-0.15, -0.1) is 0 Å². The number of aromatic nitrogens is 2. The number of rotatable bonds is 3. The minimum atomic E-state index is -1.16. The normalized spacial score (nSPS) is 13.8. The van der Waals surface area contributed by atoms with Gasteiger partial charge < -0.3 is 9.73 Å². The van der Waals surface area contributed by atoms with E-state index in [0.29, 0.717) is 17.2 Å². The Morgan fingerprint density at radius 2 is 1.97 bits per heavy atom. The van der Waals surface area contributed by atoms with E-state index in [0.717, 1.165) is 22.9 Å². The van der Waals surface area contributed by atoms with Gasteiger partial charge in [0.25, 0.3) is 17.8 Å². The fraction of sp³-hybridized carbons (Fsp3) is 0.0500. The van der Waals surface area contributed by atoms with E-state index in [-0.39, 0.29) is 22.9 Å². The molecule has 0 aliphatic carbocycles. The van der Waals surface area contributed by atoms with Crippen LogP contribution in [0, 0.1) is 11.6 Å². The number of nitrogens with zero attached hydrogens (tertiary/aromatic N) is 4. The summed E-state index contributed by atoms with van der Waals surface area (Å²) in [4.78, 5) is 32.7. The molecule has 150 valence electrons. The second kappa shape index (κ2) is 7.32. The van der Waals surface area contributed by atoms with E-state index in [1.165, 1.54) is 12.3 Å². The molecule has 1 aliphatic rings. The molecule has 30 heavy (non-hydrogen) atoms. The zero-order valence-electron chi connectivity index (χ0n) is 15.5. The molecule has 0 radical (unpaired) electrons. The summed E-state index contributed by atoms with van der Waals surface area (Å²) in [7, 11) is 0. The Morgan fingerprint density at radius 1 is 1.17 bits per heavy atom. The first kappa shape index (κ1) is 19.1. The Bertz CT molecular complexity index is 1260. The average Bonchev–Trinajstić information content (AvgIpc) is 3.37. The largest absolute Gasteiger partial charge is 0.463 e. The highest BCUT2D eigenvalue weighted by Gasteiger charge is 2.23. The van der Waals surface area contributed by atoms with Crippen LogP contribution in [-0.2, 0) is 4.79 Å². The van der Waals surface area contributed by atoms with Gasteiger partial charge in [-0.3, -0.25) is 9.59 Å². The van der Waals surface area contributed by atoms with Gasteiger partial charge in [-0.05, 0) is 37.3 Å². The Hall–Kier alpha value is -4.21. The number of carbonyl (C=O) groups excluding carboxylic acids is 2. The van der Waals surface area contributed by atoms with E-state index >= 15 is 0 Å². The highest BCUT2D eigenvalue weighted by atomic mass is 19.2. The third-order valence-corrected chi connectivity index (χ3v) is 4.26. The molecule has 1 aliphatic heterocycles. The lowest BCUT2D eigenvalue weighted by molar-refractivity contribution is -0.113. The molecule has 0 saturated carbocycles. The zero-order chi connectivity index (χ0) is 21.4. The molecule has 4 rings (SSSR count). The van der Waals surface area contributed by atoms with Crippen molar-refractivity contribution in [2.45, 2.75) is 6.92 Å². The minimum Gasteiger partial charge on any atom is -0.463 e. The summed E-state index contributed by atoms with van der Waals surface area (Å²) in [5.41, 5.74) is 0.700. The molecule has 2 amide bonds. The summed E-state index contributed by atoms with van der Waals surface area (Å²) < 4.78 is 33.1. The van der Waals surface area contributed by atoms with E-state index < -0.39 is 23.4 Å². The number of aliphatic imine (C=N–C) groups is 2. The van der Waals surface area contributed by atoms with Crippen LogP contribution in [0.4, 0.5) is 14.6 Å². The summed E-state index contributed by atoms with van der Waals surface area (Å²) >= 11 is 0. The van der Waals surface area contributed by atoms with Crippen molar-refractivity contribution >= 4 is 29.3 Å². The highest BCUT2D eigenvalue weighted by Crippen LogP contribution is 2.24. The van der Waals surface area contributed by atoms with E-state index in [9.17, 15) is 18.4 Å². The predicted octanol–water partition coefficient (Wildman–Crippen LogP) is 3.44. The van der Waals surface area contributed by atoms with Crippen molar-refractivity contribution < 1.29 is 22.8 Å². The molecule has 0 saturated heterocycles. The van der Waals surface area contributed by atoms with Crippen LogP contribution in [0.3, 0.4) is 0 Å². The maximum Gasteiger partial charge on any atom is 0.281 e. The van der Waals surface area contributed by atoms with Crippen LogP contribution >= 0.6 is 0 Å². The van der Waals surface area contributed by atoms with Crippen LogP contribution < -0.4 is 5.32 Å². The third kappa shape index (κ3) is 3.46. The molecule has 3 aromatic rings. The molecule has 2 aromatic heterocycles. The van der Waals surface area contributed by atoms with Gasteiger partial charge in [0.15, 0.2) is 17.4 Å². The first-order valence-corrected chi connectivity index (χ1v) is 8.62. The molecule has 0 spiro atoms. The molecule has 0 bridgehead atoms. The molecule has 1 aromatic carbocycles. The SMILES string of the molecule is C=C1C(=O)N=C(n2nc(-c3ccco3)cc2NC(=O)c2ccc(F)c(F)c2)N=C1C. The highest BCUT2D eigenvalue weighted by molar-refractivity contribution is 6.28. The van der Waals surface area contributed by atoms with Crippen molar-refractivity contribution in [1.82, 2.24) is 9.78 Å². The summed E-state index contributed by atoms with van der Waals surface area (Å²) in [6.07, 6.45) is 1.45. The fourth-order valence-corrected chi connectivity index (χ4v) is 2.64. The van der Waals surface area contributed by atoms with Crippen LogP contribution in [0.1, 0.15) is 17.3 Å². The molecular formula is C20H13F2N5O3. The smallest absolute Gasteiger partial charge is 0.281 e. The van der Waals surface area contributed by atoms with Gasteiger partial charge in [-0.25, -0.2) is 13.8 Å². The number of nitrogens with one attached hydrogen (secondary N) is 1. The number of hydrogen-bond acceptors (Lipinski definition) is 5. The summed E-state index contributed by atoms with van der Waals surface area (Å²) in [6.45, 7) is 5.20. The van der Waals surface area contributed by atoms with Gasteiger partial charge in [0.1, 0.15) is 11.5 Å². The molecule has 0 fully saturated rings. The van der Waals surface area contributed by atoms with E-state index in [1.807, 2.05) is 0 Å². The van der Waals surface area contributed by atoms with Crippen LogP contribution in [0.25, 0.3) is 11.5 Å². The maximum absolute atomic E-state index is 13.5. The Labute approximate surface area is 168 Å². The lowest BCUT2D eigenvalue weighted by atomic mass is 10.2. The second-order valence-electron chi connectivity index (χ2n) is 6.28. The number of halogens is 2. The third-order valence-electron chi connectivity index (χ3n) is 4.26. The maximum atomic E-state index is 13.5. The van der Waals surface area contributed by atoms with Crippen LogP contribution in [0.2, 0.25) is 0 Å². The number of amides is 2. The van der Waals surface area contributed by atoms with Gasteiger partial charge in [0, 0.05) is 11.6 Å². The number of carbonyl (C=O) groups is 2. The summed E-state index contributed by atoms with van der Waals surface area (Å²) in [6, 6.07) is 7.53.